The van der Waals surface area contributed by atoms with E-state index in [9.17, 15) is 9.59 Å². The summed E-state index contributed by atoms with van der Waals surface area (Å²) in [6, 6.07) is 8.09. The Morgan fingerprint density at radius 1 is 1.03 bits per heavy atom. The predicted molar refractivity (Wildman–Crippen MR) is 117 cm³/mol. The number of carbonyl (C=O) groups excluding carboxylic acids is 1. The van der Waals surface area contributed by atoms with Gasteiger partial charge in [-0.25, -0.2) is 5.43 Å². The van der Waals surface area contributed by atoms with Gasteiger partial charge in [-0.2, -0.15) is 5.10 Å². The first kappa shape index (κ1) is 21.1. The molecule has 1 amide bonds. The quantitative estimate of drug-likeness (QED) is 0.447. The molecule has 162 valence electrons. The van der Waals surface area contributed by atoms with Gasteiger partial charge in [-0.1, -0.05) is 37.6 Å². The normalized spacial score (nSPS) is 29.8. The number of aryl methyl sites for hydroxylation is 1. The number of hydrogen-bond acceptors (Lipinski definition) is 3. The molecule has 5 heteroatoms. The van der Waals surface area contributed by atoms with Gasteiger partial charge in [0.05, 0.1) is 12.1 Å². The number of hydrazone groups is 1. The molecule has 0 saturated heterocycles. The van der Waals surface area contributed by atoms with Crippen molar-refractivity contribution in [1.29, 1.82) is 0 Å². The Balaban J connectivity index is 1.42. The second-order valence-corrected chi connectivity index (χ2v) is 10.0. The van der Waals surface area contributed by atoms with Crippen LogP contribution < -0.4 is 5.43 Å². The third-order valence-corrected chi connectivity index (χ3v) is 7.42. The molecule has 0 aliphatic heterocycles. The third-order valence-electron chi connectivity index (χ3n) is 7.42. The van der Waals surface area contributed by atoms with Crippen LogP contribution >= 0.6 is 0 Å². The van der Waals surface area contributed by atoms with E-state index in [0.29, 0.717) is 18.6 Å². The molecule has 4 aliphatic carbocycles. The maximum absolute atomic E-state index is 12.8. The van der Waals surface area contributed by atoms with E-state index in [-0.39, 0.29) is 17.7 Å². The molecule has 4 bridgehead atoms. The Morgan fingerprint density at radius 2 is 1.63 bits per heavy atom. The largest absolute Gasteiger partial charge is 0.481 e. The fourth-order valence-corrected chi connectivity index (χ4v) is 6.66. The van der Waals surface area contributed by atoms with E-state index in [2.05, 4.69) is 29.6 Å². The molecule has 2 N–H and O–H groups in total. The minimum absolute atomic E-state index is 0.000390. The first-order valence-electron chi connectivity index (χ1n) is 11.6. The monoisotopic (exact) mass is 410 g/mol. The molecule has 0 aromatic heterocycles. The van der Waals surface area contributed by atoms with Gasteiger partial charge in [0.15, 0.2) is 0 Å². The van der Waals surface area contributed by atoms with E-state index in [1.165, 1.54) is 44.1 Å². The summed E-state index contributed by atoms with van der Waals surface area (Å²) >= 11 is 0. The van der Waals surface area contributed by atoms with Crippen LogP contribution in [0.5, 0.6) is 0 Å². The summed E-state index contributed by atoms with van der Waals surface area (Å²) < 4.78 is 0. The van der Waals surface area contributed by atoms with E-state index in [4.69, 9.17) is 5.11 Å². The maximum Gasteiger partial charge on any atom is 0.303 e. The Hall–Kier alpha value is -2.17. The summed E-state index contributed by atoms with van der Waals surface area (Å²) in [7, 11) is 0. The van der Waals surface area contributed by atoms with Crippen molar-refractivity contribution < 1.29 is 14.7 Å². The molecule has 30 heavy (non-hydrogen) atoms. The Morgan fingerprint density at radius 3 is 2.17 bits per heavy atom. The van der Waals surface area contributed by atoms with Crippen molar-refractivity contribution in [2.75, 3.05) is 0 Å². The lowest BCUT2D eigenvalue weighted by Gasteiger charge is -2.56. The predicted octanol–water partition coefficient (Wildman–Crippen LogP) is 4.93. The molecule has 4 fully saturated rings. The van der Waals surface area contributed by atoms with Crippen molar-refractivity contribution in [1.82, 2.24) is 5.43 Å². The fourth-order valence-electron chi connectivity index (χ4n) is 6.66. The zero-order valence-corrected chi connectivity index (χ0v) is 18.0. The van der Waals surface area contributed by atoms with Gasteiger partial charge in [-0.05, 0) is 79.2 Å². The summed E-state index contributed by atoms with van der Waals surface area (Å²) in [6.07, 6.45) is 10.7. The van der Waals surface area contributed by atoms with Crippen molar-refractivity contribution in [3.8, 4) is 0 Å². The molecule has 4 saturated carbocycles. The number of aliphatic carboxylic acids is 1. The second-order valence-electron chi connectivity index (χ2n) is 10.0. The molecule has 4 aliphatic rings. The topological polar surface area (TPSA) is 78.8 Å². The van der Waals surface area contributed by atoms with Crippen molar-refractivity contribution in [2.24, 2.45) is 28.3 Å². The second kappa shape index (κ2) is 8.91. The molecule has 1 aromatic rings. The summed E-state index contributed by atoms with van der Waals surface area (Å²) in [5, 5.41) is 13.5. The number of nitrogens with zero attached hydrogens (tertiary/aromatic N) is 1. The van der Waals surface area contributed by atoms with Crippen LogP contribution in [0.15, 0.2) is 29.4 Å². The van der Waals surface area contributed by atoms with Gasteiger partial charge < -0.3 is 5.11 Å². The highest BCUT2D eigenvalue weighted by Crippen LogP contribution is 2.61. The highest BCUT2D eigenvalue weighted by atomic mass is 16.4. The zero-order chi connectivity index (χ0) is 21.1. The number of hydrogen-bond donors (Lipinski definition) is 2. The van der Waals surface area contributed by atoms with Gasteiger partial charge in [0.25, 0.3) is 0 Å². The van der Waals surface area contributed by atoms with Crippen LogP contribution in [0, 0.1) is 23.2 Å². The number of carbonyl (C=O) groups is 2. The lowest BCUT2D eigenvalue weighted by Crippen LogP contribution is -2.47. The SMILES string of the molecule is CCCc1ccc(/C(CCC(=O)O)=N\NC(=O)CC23CC4CC(CC(C4)C2)C3)cc1. The zero-order valence-electron chi connectivity index (χ0n) is 18.0. The molecule has 0 unspecified atom stereocenters. The lowest BCUT2D eigenvalue weighted by atomic mass is 9.49. The van der Waals surface area contributed by atoms with Crippen molar-refractivity contribution in [2.45, 2.75) is 77.6 Å². The van der Waals surface area contributed by atoms with Crippen LogP contribution in [-0.4, -0.2) is 22.7 Å². The Bertz CT molecular complexity index is 777. The summed E-state index contributed by atoms with van der Waals surface area (Å²) in [6.45, 7) is 2.15. The van der Waals surface area contributed by atoms with Gasteiger partial charge in [0.2, 0.25) is 5.91 Å². The molecular formula is C25H34N2O3. The number of nitrogens with one attached hydrogen (secondary N) is 1. The standard InChI is InChI=1S/C25H34N2O3/c1-2-3-17-4-6-21(7-5-17)22(8-9-24(29)30)26-27-23(28)16-25-13-18-10-19(14-25)12-20(11-18)15-25/h4-7,18-20H,2-3,8-16H2,1H3,(H,27,28)(H,29,30)/b26-22-. The maximum atomic E-state index is 12.8. The van der Waals surface area contributed by atoms with Crippen LogP contribution in [0.1, 0.15) is 82.3 Å². The summed E-state index contributed by atoms with van der Waals surface area (Å²) in [5.41, 5.74) is 5.73. The van der Waals surface area contributed by atoms with E-state index in [0.717, 1.165) is 36.2 Å². The first-order valence-corrected chi connectivity index (χ1v) is 11.6. The average molecular weight is 411 g/mol. The average Bonchev–Trinajstić information content (AvgIpc) is 2.67. The van der Waals surface area contributed by atoms with Crippen molar-refractivity contribution in [3.63, 3.8) is 0 Å². The van der Waals surface area contributed by atoms with E-state index in [1.807, 2.05) is 12.1 Å². The van der Waals surface area contributed by atoms with Crippen molar-refractivity contribution >= 4 is 17.6 Å². The molecule has 5 rings (SSSR count). The van der Waals surface area contributed by atoms with Gasteiger partial charge in [-0.15, -0.1) is 0 Å². The van der Waals surface area contributed by atoms with Crippen molar-refractivity contribution in [3.05, 3.63) is 35.4 Å². The molecular weight excluding hydrogens is 376 g/mol. The van der Waals surface area contributed by atoms with Gasteiger partial charge in [-0.3, -0.25) is 9.59 Å². The third kappa shape index (κ3) is 4.93. The Kier molecular flexibility index (Phi) is 6.26. The fraction of sp³-hybridized carbons (Fsp3) is 0.640. The number of carboxylic acids is 1. The van der Waals surface area contributed by atoms with Gasteiger partial charge in [0.1, 0.15) is 0 Å². The highest BCUT2D eigenvalue weighted by Gasteiger charge is 2.51. The highest BCUT2D eigenvalue weighted by molar-refractivity contribution is 6.02. The molecule has 5 nitrogen and oxygen atoms in total. The summed E-state index contributed by atoms with van der Waals surface area (Å²) in [4.78, 5) is 23.9. The minimum atomic E-state index is -0.856. The van der Waals surface area contributed by atoms with Gasteiger partial charge >= 0.3 is 5.97 Å². The van der Waals surface area contributed by atoms with Crippen LogP contribution in [-0.2, 0) is 16.0 Å². The number of benzene rings is 1. The van der Waals surface area contributed by atoms with Crippen LogP contribution in [0.4, 0.5) is 0 Å². The number of amides is 1. The molecule has 0 radical (unpaired) electrons. The molecule has 1 aromatic carbocycles. The number of rotatable bonds is 9. The smallest absolute Gasteiger partial charge is 0.303 e. The lowest BCUT2D eigenvalue weighted by molar-refractivity contribution is -0.136. The van der Waals surface area contributed by atoms with E-state index < -0.39 is 5.97 Å². The van der Waals surface area contributed by atoms with Crippen LogP contribution in [0.2, 0.25) is 0 Å². The summed E-state index contributed by atoms with van der Waals surface area (Å²) in [5.74, 6) is 1.58. The molecule has 0 heterocycles. The first-order chi connectivity index (χ1) is 14.4. The number of carboxylic acid groups (broad SMARTS) is 1. The Labute approximate surface area is 179 Å². The minimum Gasteiger partial charge on any atom is -0.481 e. The molecule has 0 spiro atoms. The van der Waals surface area contributed by atoms with Crippen LogP contribution in [0.25, 0.3) is 0 Å². The van der Waals surface area contributed by atoms with Crippen LogP contribution in [0.3, 0.4) is 0 Å². The molecule has 0 atom stereocenters. The van der Waals surface area contributed by atoms with E-state index in [1.54, 1.807) is 0 Å². The van der Waals surface area contributed by atoms with E-state index >= 15 is 0 Å². The van der Waals surface area contributed by atoms with Gasteiger partial charge in [0, 0.05) is 12.8 Å².